The third-order valence-electron chi connectivity index (χ3n) is 2.52. The summed E-state index contributed by atoms with van der Waals surface area (Å²) in [5.74, 6) is 0. The third-order valence-corrected chi connectivity index (χ3v) is 2.52. The van der Waals surface area contributed by atoms with Crippen molar-refractivity contribution in [3.05, 3.63) is 35.4 Å². The predicted molar refractivity (Wildman–Crippen MR) is 69.3 cm³/mol. The molecule has 2 nitrogen and oxygen atoms in total. The van der Waals surface area contributed by atoms with E-state index in [-0.39, 0.29) is 24.8 Å². The van der Waals surface area contributed by atoms with Crippen molar-refractivity contribution in [2.75, 3.05) is 19.6 Å². The third kappa shape index (κ3) is 3.99. The summed E-state index contributed by atoms with van der Waals surface area (Å²) < 4.78 is 0. The monoisotopic (exact) mass is 248 g/mol. The SMILES string of the molecule is Cc1ccc(C2CNCCN2)cc1.Cl.Cl. The van der Waals surface area contributed by atoms with Crippen LogP contribution in [0.5, 0.6) is 0 Å². The van der Waals surface area contributed by atoms with Crippen LogP contribution in [-0.4, -0.2) is 19.6 Å². The van der Waals surface area contributed by atoms with Crippen molar-refractivity contribution in [2.45, 2.75) is 13.0 Å². The molecular formula is C11H18Cl2N2. The fraction of sp³-hybridized carbons (Fsp3) is 0.455. The summed E-state index contributed by atoms with van der Waals surface area (Å²) >= 11 is 0. The molecule has 1 saturated heterocycles. The molecule has 1 aromatic carbocycles. The van der Waals surface area contributed by atoms with Gasteiger partial charge in [-0.3, -0.25) is 0 Å². The van der Waals surface area contributed by atoms with Crippen LogP contribution in [0.3, 0.4) is 0 Å². The molecule has 2 rings (SSSR count). The number of benzene rings is 1. The second kappa shape index (κ2) is 7.07. The predicted octanol–water partition coefficient (Wildman–Crippen LogP) is 2.07. The Bertz CT molecular complexity index is 268. The molecule has 1 aliphatic rings. The molecule has 4 heteroatoms. The molecule has 1 fully saturated rings. The number of halogens is 2. The van der Waals surface area contributed by atoms with Gasteiger partial charge in [0.1, 0.15) is 0 Å². The normalized spacial score (nSPS) is 19.9. The van der Waals surface area contributed by atoms with E-state index < -0.39 is 0 Å². The van der Waals surface area contributed by atoms with Crippen molar-refractivity contribution in [2.24, 2.45) is 0 Å². The Morgan fingerprint density at radius 3 is 2.27 bits per heavy atom. The highest BCUT2D eigenvalue weighted by Gasteiger charge is 2.12. The Morgan fingerprint density at radius 1 is 1.07 bits per heavy atom. The van der Waals surface area contributed by atoms with Crippen LogP contribution >= 0.6 is 24.8 Å². The van der Waals surface area contributed by atoms with E-state index in [4.69, 9.17) is 0 Å². The lowest BCUT2D eigenvalue weighted by Crippen LogP contribution is -2.42. The fourth-order valence-corrected chi connectivity index (χ4v) is 1.69. The standard InChI is InChI=1S/C11H16N2.2ClH/c1-9-2-4-10(5-3-9)11-8-12-6-7-13-11;;/h2-5,11-13H,6-8H2,1H3;2*1H. The first-order valence-electron chi connectivity index (χ1n) is 4.87. The molecule has 0 amide bonds. The van der Waals surface area contributed by atoms with Crippen molar-refractivity contribution in [3.8, 4) is 0 Å². The average molecular weight is 249 g/mol. The van der Waals surface area contributed by atoms with Crippen molar-refractivity contribution in [1.29, 1.82) is 0 Å². The van der Waals surface area contributed by atoms with E-state index >= 15 is 0 Å². The van der Waals surface area contributed by atoms with Gasteiger partial charge in [-0.05, 0) is 12.5 Å². The lowest BCUT2D eigenvalue weighted by atomic mass is 10.0. The molecule has 15 heavy (non-hydrogen) atoms. The van der Waals surface area contributed by atoms with Gasteiger partial charge in [0, 0.05) is 25.7 Å². The highest BCUT2D eigenvalue weighted by atomic mass is 35.5. The van der Waals surface area contributed by atoms with Crippen molar-refractivity contribution < 1.29 is 0 Å². The quantitative estimate of drug-likeness (QED) is 0.796. The summed E-state index contributed by atoms with van der Waals surface area (Å²) in [5, 5.41) is 6.88. The largest absolute Gasteiger partial charge is 0.314 e. The Morgan fingerprint density at radius 2 is 1.73 bits per heavy atom. The maximum atomic E-state index is 3.49. The van der Waals surface area contributed by atoms with Gasteiger partial charge < -0.3 is 10.6 Å². The smallest absolute Gasteiger partial charge is 0.0447 e. The van der Waals surface area contributed by atoms with E-state index in [1.54, 1.807) is 0 Å². The minimum Gasteiger partial charge on any atom is -0.314 e. The number of piperazine rings is 1. The number of hydrogen-bond donors (Lipinski definition) is 2. The van der Waals surface area contributed by atoms with E-state index in [2.05, 4.69) is 41.8 Å². The van der Waals surface area contributed by atoms with Crippen LogP contribution in [-0.2, 0) is 0 Å². The van der Waals surface area contributed by atoms with Crippen LogP contribution in [0.2, 0.25) is 0 Å². The molecule has 0 radical (unpaired) electrons. The fourth-order valence-electron chi connectivity index (χ4n) is 1.69. The molecule has 1 unspecified atom stereocenters. The molecule has 0 bridgehead atoms. The van der Waals surface area contributed by atoms with Crippen LogP contribution in [0.25, 0.3) is 0 Å². The molecule has 0 aromatic heterocycles. The van der Waals surface area contributed by atoms with E-state index in [1.165, 1.54) is 11.1 Å². The number of aryl methyl sites for hydroxylation is 1. The van der Waals surface area contributed by atoms with Gasteiger partial charge in [-0.25, -0.2) is 0 Å². The molecule has 1 heterocycles. The lowest BCUT2D eigenvalue weighted by molar-refractivity contribution is 0.430. The maximum absolute atomic E-state index is 3.49. The highest BCUT2D eigenvalue weighted by Crippen LogP contribution is 2.13. The Balaban J connectivity index is 0.000000980. The molecule has 1 atom stereocenters. The summed E-state index contributed by atoms with van der Waals surface area (Å²) in [4.78, 5) is 0. The average Bonchev–Trinajstić information content (AvgIpc) is 2.20. The molecular weight excluding hydrogens is 231 g/mol. The first-order chi connectivity index (χ1) is 6.36. The molecule has 0 aliphatic carbocycles. The maximum Gasteiger partial charge on any atom is 0.0447 e. The second-order valence-electron chi connectivity index (χ2n) is 3.62. The highest BCUT2D eigenvalue weighted by molar-refractivity contribution is 5.85. The number of hydrogen-bond acceptors (Lipinski definition) is 2. The van der Waals surface area contributed by atoms with Gasteiger partial charge >= 0.3 is 0 Å². The molecule has 0 saturated carbocycles. The summed E-state index contributed by atoms with van der Waals surface area (Å²) in [6, 6.07) is 9.26. The van der Waals surface area contributed by atoms with Gasteiger partial charge in [-0.2, -0.15) is 0 Å². The summed E-state index contributed by atoms with van der Waals surface area (Å²) in [6.07, 6.45) is 0. The van der Waals surface area contributed by atoms with Gasteiger partial charge in [0.15, 0.2) is 0 Å². The van der Waals surface area contributed by atoms with Crippen LogP contribution in [0.15, 0.2) is 24.3 Å². The topological polar surface area (TPSA) is 24.1 Å². The number of nitrogens with one attached hydrogen (secondary N) is 2. The Labute approximate surface area is 104 Å². The first-order valence-corrected chi connectivity index (χ1v) is 4.87. The van der Waals surface area contributed by atoms with Crippen LogP contribution < -0.4 is 10.6 Å². The molecule has 2 N–H and O–H groups in total. The van der Waals surface area contributed by atoms with Gasteiger partial charge in [0.25, 0.3) is 0 Å². The van der Waals surface area contributed by atoms with Gasteiger partial charge in [-0.15, -0.1) is 24.8 Å². The first kappa shape index (κ1) is 14.7. The molecule has 0 spiro atoms. The van der Waals surface area contributed by atoms with Crippen LogP contribution in [0.1, 0.15) is 17.2 Å². The minimum absolute atomic E-state index is 0. The van der Waals surface area contributed by atoms with Crippen molar-refractivity contribution >= 4 is 24.8 Å². The van der Waals surface area contributed by atoms with Gasteiger partial charge in [0.05, 0.1) is 0 Å². The van der Waals surface area contributed by atoms with Crippen LogP contribution in [0, 0.1) is 6.92 Å². The number of rotatable bonds is 1. The summed E-state index contributed by atoms with van der Waals surface area (Å²) in [6.45, 7) is 5.32. The van der Waals surface area contributed by atoms with Crippen molar-refractivity contribution in [3.63, 3.8) is 0 Å². The van der Waals surface area contributed by atoms with Crippen molar-refractivity contribution in [1.82, 2.24) is 10.6 Å². The Kier molecular flexibility index (Phi) is 6.94. The minimum atomic E-state index is 0. The molecule has 86 valence electrons. The summed E-state index contributed by atoms with van der Waals surface area (Å²) in [5.41, 5.74) is 2.71. The zero-order valence-electron chi connectivity index (χ0n) is 8.82. The summed E-state index contributed by atoms with van der Waals surface area (Å²) in [7, 11) is 0. The zero-order chi connectivity index (χ0) is 9.10. The van der Waals surface area contributed by atoms with Crippen LogP contribution in [0.4, 0.5) is 0 Å². The van der Waals surface area contributed by atoms with E-state index in [9.17, 15) is 0 Å². The second-order valence-corrected chi connectivity index (χ2v) is 3.62. The molecule has 1 aromatic rings. The van der Waals surface area contributed by atoms with E-state index in [1.807, 2.05) is 0 Å². The van der Waals surface area contributed by atoms with Gasteiger partial charge in [-0.1, -0.05) is 29.8 Å². The Hall–Kier alpha value is -0.280. The van der Waals surface area contributed by atoms with Gasteiger partial charge in [0.2, 0.25) is 0 Å². The molecule has 1 aliphatic heterocycles. The van der Waals surface area contributed by atoms with E-state index in [0.29, 0.717) is 6.04 Å². The van der Waals surface area contributed by atoms with E-state index in [0.717, 1.165) is 19.6 Å². The zero-order valence-corrected chi connectivity index (χ0v) is 10.5. The lowest BCUT2D eigenvalue weighted by Gasteiger charge is -2.24.